The summed E-state index contributed by atoms with van der Waals surface area (Å²) in [4.78, 5) is 40.0. The third-order valence-corrected chi connectivity index (χ3v) is 4.71. The van der Waals surface area contributed by atoms with Gasteiger partial charge >= 0.3 is 6.18 Å². The van der Waals surface area contributed by atoms with Crippen molar-refractivity contribution in [1.29, 1.82) is 0 Å². The minimum absolute atomic E-state index is 0.109. The summed E-state index contributed by atoms with van der Waals surface area (Å²) in [5.74, 6) is -0.782. The van der Waals surface area contributed by atoms with Crippen molar-refractivity contribution < 1.29 is 32.4 Å². The van der Waals surface area contributed by atoms with Gasteiger partial charge in [0.2, 0.25) is 0 Å². The van der Waals surface area contributed by atoms with Crippen LogP contribution in [0.3, 0.4) is 0 Å². The van der Waals surface area contributed by atoms with E-state index in [0.717, 1.165) is 4.90 Å². The van der Waals surface area contributed by atoms with E-state index < -0.39 is 30.0 Å². The largest absolute Gasteiger partial charge is 0.430 e. The predicted octanol–water partition coefficient (Wildman–Crippen LogP) is 2.46. The second-order valence-corrected chi connectivity index (χ2v) is 6.40. The molecule has 1 heterocycles. The molecule has 2 atom stereocenters. The van der Waals surface area contributed by atoms with Crippen LogP contribution in [-0.2, 0) is 19.2 Å². The summed E-state index contributed by atoms with van der Waals surface area (Å²) < 4.78 is 38.9. The molecule has 0 radical (unpaired) electrons. The number of nitrogens with zero attached hydrogens (tertiary/aromatic N) is 1. The monoisotopic (exact) mass is 451 g/mol. The molecule has 2 unspecified atom stereocenters. The van der Waals surface area contributed by atoms with Crippen LogP contribution in [0.5, 0.6) is 0 Å². The highest BCUT2D eigenvalue weighted by Crippen LogP contribution is 2.32. The Morgan fingerprint density at radius 3 is 2.31 bits per heavy atom. The molecule has 156 valence electrons. The number of hydrogen-bond donors (Lipinski definition) is 2. The molecule has 1 aliphatic rings. The molecule has 0 saturated heterocycles. The molecular formula is C17H14Cl2F3N3O4. The van der Waals surface area contributed by atoms with Crippen LogP contribution in [0.4, 0.5) is 18.9 Å². The number of aldehydes is 2. The number of allylic oxidation sites excluding steroid dienone is 1. The Morgan fingerprint density at radius 1 is 1.21 bits per heavy atom. The fourth-order valence-electron chi connectivity index (χ4n) is 2.57. The van der Waals surface area contributed by atoms with Gasteiger partial charge in [0.25, 0.3) is 5.91 Å². The van der Waals surface area contributed by atoms with E-state index in [9.17, 15) is 27.6 Å². The molecular weight excluding hydrogens is 438 g/mol. The van der Waals surface area contributed by atoms with E-state index in [1.807, 2.05) is 5.48 Å². The zero-order valence-electron chi connectivity index (χ0n) is 14.7. The molecule has 2 N–H and O–H groups in total. The van der Waals surface area contributed by atoms with Crippen LogP contribution in [0, 0.1) is 0 Å². The normalized spacial score (nSPS) is 20.2. The maximum atomic E-state index is 13.0. The summed E-state index contributed by atoms with van der Waals surface area (Å²) in [6, 6.07) is 4.34. The Bertz CT molecular complexity index is 856. The Kier molecular flexibility index (Phi) is 7.28. The van der Waals surface area contributed by atoms with Gasteiger partial charge in [-0.15, -0.1) is 0 Å². The minimum Gasteiger partial charge on any atom is -0.355 e. The first-order valence-corrected chi connectivity index (χ1v) is 8.63. The van der Waals surface area contributed by atoms with Gasteiger partial charge in [-0.3, -0.25) is 14.4 Å². The number of nitrogens with one attached hydrogen (secondary N) is 2. The summed E-state index contributed by atoms with van der Waals surface area (Å²) in [5.41, 5.74) is 1.39. The topological polar surface area (TPSA) is 87.7 Å². The first-order valence-electron chi connectivity index (χ1n) is 7.87. The molecule has 0 spiro atoms. The molecule has 2 rings (SSSR count). The molecule has 7 nitrogen and oxygen atoms in total. The van der Waals surface area contributed by atoms with Gasteiger partial charge in [-0.25, -0.2) is 5.48 Å². The molecule has 0 bridgehead atoms. The highest BCUT2D eigenvalue weighted by molar-refractivity contribution is 6.59. The Balaban J connectivity index is 2.38. The van der Waals surface area contributed by atoms with Gasteiger partial charge in [0.15, 0.2) is 12.5 Å². The number of amides is 1. The predicted molar refractivity (Wildman–Crippen MR) is 99.7 cm³/mol. The molecule has 29 heavy (non-hydrogen) atoms. The number of benzene rings is 1. The van der Waals surface area contributed by atoms with Gasteiger partial charge < -0.3 is 15.0 Å². The van der Waals surface area contributed by atoms with Crippen molar-refractivity contribution in [2.24, 2.45) is 0 Å². The highest BCUT2D eigenvalue weighted by Gasteiger charge is 2.41. The van der Waals surface area contributed by atoms with Crippen LogP contribution < -0.4 is 15.7 Å². The summed E-state index contributed by atoms with van der Waals surface area (Å²) >= 11 is 11.9. The number of carbonyl (C=O) groups is 3. The lowest BCUT2D eigenvalue weighted by atomic mass is 10.1. The number of rotatable bonds is 6. The van der Waals surface area contributed by atoms with Crippen LogP contribution in [0.15, 0.2) is 41.1 Å². The Labute approximate surface area is 173 Å². The quantitative estimate of drug-likeness (QED) is 0.392. The summed E-state index contributed by atoms with van der Waals surface area (Å²) in [6.45, 7) is 0. The van der Waals surface area contributed by atoms with E-state index in [0.29, 0.717) is 11.6 Å². The van der Waals surface area contributed by atoms with Crippen molar-refractivity contribution in [3.05, 3.63) is 46.6 Å². The lowest BCUT2D eigenvalue weighted by molar-refractivity contribution is -0.126. The summed E-state index contributed by atoms with van der Waals surface area (Å²) in [5, 5.41) is 1.59. The third kappa shape index (κ3) is 5.08. The van der Waals surface area contributed by atoms with Crippen molar-refractivity contribution in [2.75, 3.05) is 12.0 Å². The number of hydroxylamine groups is 1. The van der Waals surface area contributed by atoms with Gasteiger partial charge in [-0.2, -0.15) is 13.2 Å². The molecule has 1 aliphatic heterocycles. The Morgan fingerprint density at radius 2 is 1.83 bits per heavy atom. The number of carbonyl (C=O) groups excluding carboxylic acids is 3. The average Bonchev–Trinajstić information content (AvgIpc) is 2.71. The second-order valence-electron chi connectivity index (χ2n) is 5.65. The lowest BCUT2D eigenvalue weighted by Gasteiger charge is -2.39. The first kappa shape index (κ1) is 22.7. The van der Waals surface area contributed by atoms with Crippen LogP contribution in [0.2, 0.25) is 0 Å². The van der Waals surface area contributed by atoms with Gasteiger partial charge in [0.1, 0.15) is 23.1 Å². The molecule has 1 aromatic rings. The highest BCUT2D eigenvalue weighted by atomic mass is 35.5. The summed E-state index contributed by atoms with van der Waals surface area (Å²) in [6.07, 6.45) is -4.95. The van der Waals surface area contributed by atoms with Crippen LogP contribution >= 0.6 is 23.2 Å². The molecule has 0 aliphatic carbocycles. The molecule has 0 aromatic heterocycles. The van der Waals surface area contributed by atoms with E-state index in [-0.39, 0.29) is 28.3 Å². The Hall–Kier alpha value is -2.56. The van der Waals surface area contributed by atoms with E-state index in [1.54, 1.807) is 0 Å². The molecule has 12 heteroatoms. The standard InChI is InChI=1S/C17H14Cl2F3N3O4/c1-29-24-16(28)15(19)14(18)9-2-4-10(5-3-9)25-11(7-26)6-12(17(20,21)22)23-13(25)8-27/h2-8,11,13,23H,1H3,(H,24,28). The molecule has 1 aromatic carbocycles. The van der Waals surface area contributed by atoms with Crippen molar-refractivity contribution in [3.8, 4) is 0 Å². The van der Waals surface area contributed by atoms with Crippen molar-refractivity contribution in [3.63, 3.8) is 0 Å². The maximum Gasteiger partial charge on any atom is 0.430 e. The van der Waals surface area contributed by atoms with E-state index in [2.05, 4.69) is 10.2 Å². The van der Waals surface area contributed by atoms with Crippen molar-refractivity contribution >= 4 is 52.4 Å². The van der Waals surface area contributed by atoms with Gasteiger partial charge in [0, 0.05) is 5.69 Å². The fraction of sp³-hybridized carbons (Fsp3) is 0.235. The first-order chi connectivity index (χ1) is 13.6. The SMILES string of the molecule is CONC(=O)C(Cl)=C(Cl)c1ccc(N2C(C=O)C=C(C(F)(F)F)NC2C=O)cc1. The van der Waals surface area contributed by atoms with Crippen LogP contribution in [-0.4, -0.2) is 44.0 Å². The summed E-state index contributed by atoms with van der Waals surface area (Å²) in [7, 11) is 1.21. The van der Waals surface area contributed by atoms with Crippen LogP contribution in [0.25, 0.3) is 5.03 Å². The van der Waals surface area contributed by atoms with Gasteiger partial charge in [0.05, 0.1) is 12.1 Å². The smallest absolute Gasteiger partial charge is 0.355 e. The van der Waals surface area contributed by atoms with Gasteiger partial charge in [-0.1, -0.05) is 35.3 Å². The maximum absolute atomic E-state index is 13.0. The van der Waals surface area contributed by atoms with E-state index >= 15 is 0 Å². The van der Waals surface area contributed by atoms with Crippen LogP contribution in [0.1, 0.15) is 5.56 Å². The molecule has 0 fully saturated rings. The second kappa shape index (κ2) is 9.29. The number of anilines is 1. The van der Waals surface area contributed by atoms with E-state index in [1.165, 1.54) is 31.4 Å². The van der Waals surface area contributed by atoms with Gasteiger partial charge in [-0.05, 0) is 23.8 Å². The average molecular weight is 452 g/mol. The minimum atomic E-state index is -4.74. The fourth-order valence-corrected chi connectivity index (χ4v) is 2.93. The van der Waals surface area contributed by atoms with Crippen molar-refractivity contribution in [2.45, 2.75) is 18.4 Å². The third-order valence-electron chi connectivity index (χ3n) is 3.84. The zero-order chi connectivity index (χ0) is 21.8. The molecule has 1 amide bonds. The lowest BCUT2D eigenvalue weighted by Crippen LogP contribution is -2.57. The van der Waals surface area contributed by atoms with Crippen molar-refractivity contribution in [1.82, 2.24) is 10.8 Å². The number of halogens is 5. The number of alkyl halides is 3. The zero-order valence-corrected chi connectivity index (χ0v) is 16.2. The molecule has 0 saturated carbocycles. The number of hydrogen-bond acceptors (Lipinski definition) is 6. The van der Waals surface area contributed by atoms with E-state index in [4.69, 9.17) is 23.2 Å².